The third-order valence-corrected chi connectivity index (χ3v) is 4.03. The molecule has 1 unspecified atom stereocenters. The summed E-state index contributed by atoms with van der Waals surface area (Å²) in [7, 11) is 0. The monoisotopic (exact) mass is 288 g/mol. The zero-order chi connectivity index (χ0) is 13.5. The van der Waals surface area contributed by atoms with E-state index >= 15 is 0 Å². The van der Waals surface area contributed by atoms with Gasteiger partial charge in [-0.15, -0.1) is 11.8 Å². The lowest BCUT2D eigenvalue weighted by atomic mass is 10.0. The highest BCUT2D eigenvalue weighted by Gasteiger charge is 2.10. The molecule has 4 heteroatoms. The molecule has 96 valence electrons. The molecule has 0 aliphatic rings. The van der Waals surface area contributed by atoms with E-state index < -0.39 is 0 Å². The number of nitriles is 1. The molecule has 1 atom stereocenters. The smallest absolute Gasteiger partial charge is 0.0735 e. The maximum Gasteiger partial charge on any atom is 0.0735 e. The predicted octanol–water partition coefficient (Wildman–Crippen LogP) is 4.52. The van der Waals surface area contributed by atoms with Crippen molar-refractivity contribution in [2.75, 3.05) is 5.75 Å². The standard InChI is InChI=1S/C15H13ClN2S/c16-14-3-5-15(6-4-14)19-9-7-12(10-17)13-2-1-8-18-11-13/h1-6,8,11-12H,7,9H2. The number of hydrogen-bond acceptors (Lipinski definition) is 3. The van der Waals surface area contributed by atoms with Crippen LogP contribution >= 0.6 is 23.4 Å². The van der Waals surface area contributed by atoms with E-state index in [4.69, 9.17) is 11.6 Å². The van der Waals surface area contributed by atoms with Crippen LogP contribution in [0.5, 0.6) is 0 Å². The van der Waals surface area contributed by atoms with Gasteiger partial charge in [0.25, 0.3) is 0 Å². The maximum absolute atomic E-state index is 9.21. The molecule has 0 saturated carbocycles. The second-order valence-corrected chi connectivity index (χ2v) is 5.66. The minimum Gasteiger partial charge on any atom is -0.264 e. The molecule has 0 N–H and O–H groups in total. The van der Waals surface area contributed by atoms with Crippen LogP contribution in [0.4, 0.5) is 0 Å². The molecule has 2 nitrogen and oxygen atoms in total. The average molecular weight is 289 g/mol. The van der Waals surface area contributed by atoms with Gasteiger partial charge in [-0.05, 0) is 48.1 Å². The summed E-state index contributed by atoms with van der Waals surface area (Å²) < 4.78 is 0. The molecule has 0 bridgehead atoms. The number of halogens is 1. The van der Waals surface area contributed by atoms with Crippen molar-refractivity contribution in [1.29, 1.82) is 5.26 Å². The van der Waals surface area contributed by atoms with Crippen LogP contribution in [-0.4, -0.2) is 10.7 Å². The highest BCUT2D eigenvalue weighted by molar-refractivity contribution is 7.99. The van der Waals surface area contributed by atoms with Gasteiger partial charge in [0.1, 0.15) is 0 Å². The molecule has 2 aromatic rings. The largest absolute Gasteiger partial charge is 0.264 e. The van der Waals surface area contributed by atoms with Crippen LogP contribution in [0.3, 0.4) is 0 Å². The van der Waals surface area contributed by atoms with Gasteiger partial charge in [0, 0.05) is 22.3 Å². The van der Waals surface area contributed by atoms with Crippen molar-refractivity contribution >= 4 is 23.4 Å². The Balaban J connectivity index is 1.88. The predicted molar refractivity (Wildman–Crippen MR) is 79.4 cm³/mol. The number of nitrogens with zero attached hydrogens (tertiary/aromatic N) is 2. The quantitative estimate of drug-likeness (QED) is 0.759. The van der Waals surface area contributed by atoms with Gasteiger partial charge in [0.05, 0.1) is 12.0 Å². The van der Waals surface area contributed by atoms with Gasteiger partial charge in [-0.25, -0.2) is 0 Å². The van der Waals surface area contributed by atoms with Crippen molar-refractivity contribution in [1.82, 2.24) is 4.98 Å². The molecule has 0 radical (unpaired) electrons. The molecule has 0 aliphatic heterocycles. The normalized spacial score (nSPS) is 11.8. The zero-order valence-corrected chi connectivity index (χ0v) is 11.9. The lowest BCUT2D eigenvalue weighted by molar-refractivity contribution is 0.821. The molecule has 0 saturated heterocycles. The van der Waals surface area contributed by atoms with Crippen molar-refractivity contribution in [3.63, 3.8) is 0 Å². The van der Waals surface area contributed by atoms with Crippen molar-refractivity contribution in [3.8, 4) is 6.07 Å². The van der Waals surface area contributed by atoms with E-state index in [0.29, 0.717) is 0 Å². The summed E-state index contributed by atoms with van der Waals surface area (Å²) in [6.45, 7) is 0. The molecule has 0 aliphatic carbocycles. The first-order valence-electron chi connectivity index (χ1n) is 5.97. The highest BCUT2D eigenvalue weighted by Crippen LogP contribution is 2.25. The summed E-state index contributed by atoms with van der Waals surface area (Å²) in [4.78, 5) is 5.23. The van der Waals surface area contributed by atoms with Crippen LogP contribution in [0.25, 0.3) is 0 Å². The third-order valence-electron chi connectivity index (χ3n) is 2.73. The van der Waals surface area contributed by atoms with Crippen LogP contribution in [0.15, 0.2) is 53.7 Å². The molecule has 0 spiro atoms. The van der Waals surface area contributed by atoms with E-state index in [1.807, 2.05) is 36.4 Å². The second-order valence-electron chi connectivity index (χ2n) is 4.06. The van der Waals surface area contributed by atoms with Gasteiger partial charge in [-0.3, -0.25) is 4.98 Å². The Kier molecular flexibility index (Phi) is 5.26. The van der Waals surface area contributed by atoms with Crippen molar-refractivity contribution in [2.45, 2.75) is 17.2 Å². The van der Waals surface area contributed by atoms with E-state index in [9.17, 15) is 5.26 Å². The average Bonchev–Trinajstić information content (AvgIpc) is 2.46. The Bertz CT molecular complexity index is 549. The maximum atomic E-state index is 9.21. The number of pyridine rings is 1. The fraction of sp³-hybridized carbons (Fsp3) is 0.200. The summed E-state index contributed by atoms with van der Waals surface area (Å²) in [6.07, 6.45) is 4.30. The van der Waals surface area contributed by atoms with Crippen LogP contribution in [0.1, 0.15) is 17.9 Å². The van der Waals surface area contributed by atoms with Crippen LogP contribution in [0, 0.1) is 11.3 Å². The first-order chi connectivity index (χ1) is 9.29. The first kappa shape index (κ1) is 13.9. The van der Waals surface area contributed by atoms with Crippen molar-refractivity contribution in [2.24, 2.45) is 0 Å². The zero-order valence-electron chi connectivity index (χ0n) is 10.3. The summed E-state index contributed by atoms with van der Waals surface area (Å²) >= 11 is 7.58. The lowest BCUT2D eigenvalue weighted by Crippen LogP contribution is -1.98. The Hall–Kier alpha value is -1.50. The molecule has 2 rings (SSSR count). The minimum absolute atomic E-state index is 0.0894. The number of rotatable bonds is 5. The van der Waals surface area contributed by atoms with E-state index in [1.165, 1.54) is 4.90 Å². The molecule has 1 aromatic carbocycles. The summed E-state index contributed by atoms with van der Waals surface area (Å²) in [6, 6.07) is 13.9. The van der Waals surface area contributed by atoms with Gasteiger partial charge >= 0.3 is 0 Å². The lowest BCUT2D eigenvalue weighted by Gasteiger charge is -2.08. The Morgan fingerprint density at radius 2 is 2.05 bits per heavy atom. The van der Waals surface area contributed by atoms with Gasteiger partial charge in [0.15, 0.2) is 0 Å². The SMILES string of the molecule is N#CC(CCSc1ccc(Cl)cc1)c1cccnc1. The van der Waals surface area contributed by atoms with Gasteiger partial charge < -0.3 is 0 Å². The molecule has 1 aromatic heterocycles. The highest BCUT2D eigenvalue weighted by atomic mass is 35.5. The Morgan fingerprint density at radius 1 is 1.26 bits per heavy atom. The molecule has 1 heterocycles. The molecule has 19 heavy (non-hydrogen) atoms. The topological polar surface area (TPSA) is 36.7 Å². The van der Waals surface area contributed by atoms with Crippen LogP contribution in [0.2, 0.25) is 5.02 Å². The van der Waals surface area contributed by atoms with E-state index in [0.717, 1.165) is 22.8 Å². The fourth-order valence-electron chi connectivity index (χ4n) is 1.71. The Morgan fingerprint density at radius 3 is 2.68 bits per heavy atom. The van der Waals surface area contributed by atoms with Crippen LogP contribution < -0.4 is 0 Å². The van der Waals surface area contributed by atoms with Crippen LogP contribution in [-0.2, 0) is 0 Å². The molecule has 0 fully saturated rings. The van der Waals surface area contributed by atoms with Gasteiger partial charge in [0.2, 0.25) is 0 Å². The molecular weight excluding hydrogens is 276 g/mol. The van der Waals surface area contributed by atoms with E-state index in [-0.39, 0.29) is 5.92 Å². The summed E-state index contributed by atoms with van der Waals surface area (Å²) in [5.74, 6) is 0.808. The van der Waals surface area contributed by atoms with E-state index in [1.54, 1.807) is 24.2 Å². The number of thioether (sulfide) groups is 1. The number of aromatic nitrogens is 1. The number of hydrogen-bond donors (Lipinski definition) is 0. The molecule has 0 amide bonds. The third kappa shape index (κ3) is 4.27. The minimum atomic E-state index is -0.0894. The Labute approximate surface area is 122 Å². The number of benzene rings is 1. The summed E-state index contributed by atoms with van der Waals surface area (Å²) in [5, 5.41) is 9.95. The van der Waals surface area contributed by atoms with Crippen molar-refractivity contribution < 1.29 is 0 Å². The second kappa shape index (κ2) is 7.18. The summed E-state index contributed by atoms with van der Waals surface area (Å²) in [5.41, 5.74) is 0.988. The molecular formula is C15H13ClN2S. The van der Waals surface area contributed by atoms with Gasteiger partial charge in [-0.2, -0.15) is 5.26 Å². The van der Waals surface area contributed by atoms with Crippen molar-refractivity contribution in [3.05, 3.63) is 59.4 Å². The fourth-order valence-corrected chi connectivity index (χ4v) is 2.76. The van der Waals surface area contributed by atoms with E-state index in [2.05, 4.69) is 11.1 Å². The van der Waals surface area contributed by atoms with Gasteiger partial charge in [-0.1, -0.05) is 17.7 Å². The first-order valence-corrected chi connectivity index (χ1v) is 7.34.